The summed E-state index contributed by atoms with van der Waals surface area (Å²) in [6.07, 6.45) is 2.69. The van der Waals surface area contributed by atoms with E-state index in [1.54, 1.807) is 19.1 Å². The first-order chi connectivity index (χ1) is 16.7. The molecule has 0 saturated carbocycles. The zero-order valence-electron chi connectivity index (χ0n) is 19.7. The highest BCUT2D eigenvalue weighted by molar-refractivity contribution is 7.89. The third-order valence-electron chi connectivity index (χ3n) is 6.83. The van der Waals surface area contributed by atoms with Gasteiger partial charge in [0.15, 0.2) is 0 Å². The van der Waals surface area contributed by atoms with Crippen LogP contribution in [0.15, 0.2) is 42.5 Å². The van der Waals surface area contributed by atoms with Crippen LogP contribution in [0, 0.1) is 0 Å². The molecule has 0 unspecified atom stereocenters. The highest BCUT2D eigenvalue weighted by atomic mass is 32.2. The van der Waals surface area contributed by atoms with Gasteiger partial charge >= 0.3 is 5.97 Å². The van der Waals surface area contributed by atoms with Gasteiger partial charge in [0.1, 0.15) is 12.1 Å². The Morgan fingerprint density at radius 2 is 1.77 bits per heavy atom. The number of fused-ring (bicyclic) bond motifs is 2. The molecule has 2 heterocycles. The van der Waals surface area contributed by atoms with E-state index in [-0.39, 0.29) is 18.8 Å². The summed E-state index contributed by atoms with van der Waals surface area (Å²) in [5.74, 6) is -2.18. The summed E-state index contributed by atoms with van der Waals surface area (Å²) in [6, 6.07) is 10.1. The second kappa shape index (κ2) is 10.3. The quantitative estimate of drug-likeness (QED) is 0.626. The number of benzene rings is 2. The van der Waals surface area contributed by atoms with Crippen LogP contribution in [-0.4, -0.2) is 77.5 Å². The van der Waals surface area contributed by atoms with Crippen molar-refractivity contribution in [1.29, 1.82) is 0 Å². The molecule has 0 spiro atoms. The van der Waals surface area contributed by atoms with Crippen molar-refractivity contribution in [3.8, 4) is 0 Å². The highest BCUT2D eigenvalue weighted by Gasteiger charge is 2.46. The molecule has 3 atom stereocenters. The van der Waals surface area contributed by atoms with Crippen LogP contribution >= 0.6 is 0 Å². The normalized spacial score (nSPS) is 23.9. The van der Waals surface area contributed by atoms with E-state index in [9.17, 15) is 27.9 Å². The summed E-state index contributed by atoms with van der Waals surface area (Å²) < 4.78 is 26.6. The average molecular weight is 502 g/mol. The molecule has 4 rings (SSSR count). The first-order valence-corrected chi connectivity index (χ1v) is 13.6. The van der Waals surface area contributed by atoms with Gasteiger partial charge in [-0.05, 0) is 36.1 Å². The zero-order chi connectivity index (χ0) is 25.2. The third-order valence-corrected chi connectivity index (χ3v) is 8.84. The third kappa shape index (κ3) is 5.18. The van der Waals surface area contributed by atoms with E-state index in [1.165, 1.54) is 9.21 Å². The minimum Gasteiger partial charge on any atom is -0.480 e. The lowest BCUT2D eigenvalue weighted by Gasteiger charge is -2.46. The molecule has 2 amide bonds. The van der Waals surface area contributed by atoms with Crippen LogP contribution in [0.4, 0.5) is 0 Å². The van der Waals surface area contributed by atoms with E-state index in [0.717, 1.165) is 10.8 Å². The highest BCUT2D eigenvalue weighted by Crippen LogP contribution is 2.28. The summed E-state index contributed by atoms with van der Waals surface area (Å²) >= 11 is 0. The first kappa shape index (κ1) is 25.1. The van der Waals surface area contributed by atoms with Gasteiger partial charge in [0, 0.05) is 24.7 Å². The molecule has 2 aliphatic heterocycles. The Balaban J connectivity index is 1.60. The van der Waals surface area contributed by atoms with Crippen molar-refractivity contribution in [2.45, 2.75) is 57.2 Å². The summed E-state index contributed by atoms with van der Waals surface area (Å²) in [7, 11) is -3.62. The Hall–Kier alpha value is -2.98. The first-order valence-electron chi connectivity index (χ1n) is 12.0. The largest absolute Gasteiger partial charge is 0.480 e. The molecule has 0 bridgehead atoms. The lowest BCUT2D eigenvalue weighted by molar-refractivity contribution is -0.157. The number of carbonyl (C=O) groups is 3. The predicted molar refractivity (Wildman–Crippen MR) is 131 cm³/mol. The zero-order valence-corrected chi connectivity index (χ0v) is 20.5. The maximum atomic E-state index is 13.6. The molecule has 9 nitrogen and oxygen atoms in total. The second-order valence-corrected chi connectivity index (χ2v) is 11.3. The van der Waals surface area contributed by atoms with Gasteiger partial charge in [-0.1, -0.05) is 56.2 Å². The van der Waals surface area contributed by atoms with E-state index in [2.05, 4.69) is 5.32 Å². The molecule has 2 aromatic carbocycles. The van der Waals surface area contributed by atoms with E-state index in [1.807, 2.05) is 30.3 Å². The van der Waals surface area contributed by atoms with Crippen molar-refractivity contribution in [3.05, 3.63) is 48.0 Å². The van der Waals surface area contributed by atoms with Crippen molar-refractivity contribution < 1.29 is 27.9 Å². The van der Waals surface area contributed by atoms with Gasteiger partial charge in [-0.25, -0.2) is 13.2 Å². The molecule has 0 radical (unpaired) electrons. The number of hydrogen-bond acceptors (Lipinski definition) is 5. The molecule has 2 aromatic rings. The number of piperazine rings is 1. The fourth-order valence-electron chi connectivity index (χ4n) is 5.13. The number of sulfonamides is 1. The summed E-state index contributed by atoms with van der Waals surface area (Å²) in [5.41, 5.74) is 0.444. The minimum atomic E-state index is -3.62. The molecule has 188 valence electrons. The van der Waals surface area contributed by atoms with Crippen LogP contribution in [0.1, 0.15) is 49.4 Å². The molecule has 2 aliphatic rings. The maximum absolute atomic E-state index is 13.6. The number of hydrogen-bond donors (Lipinski definition) is 2. The number of amides is 2. The van der Waals surface area contributed by atoms with E-state index in [0.29, 0.717) is 37.7 Å². The SMILES string of the molecule is CCCS(=O)(=O)N1C[C@@H]2CCCC[C@H](NC(=O)c3cccc4ccccc34)C(=O)N2[C@H](C(=O)O)C1. The topological polar surface area (TPSA) is 124 Å². The van der Waals surface area contributed by atoms with Crippen molar-refractivity contribution >= 4 is 38.6 Å². The Kier molecular flexibility index (Phi) is 7.42. The van der Waals surface area contributed by atoms with Gasteiger partial charge in [0.25, 0.3) is 5.91 Å². The van der Waals surface area contributed by atoms with Crippen molar-refractivity contribution in [2.75, 3.05) is 18.8 Å². The Bertz CT molecular complexity index is 1230. The van der Waals surface area contributed by atoms with Gasteiger partial charge in [-0.3, -0.25) is 9.59 Å². The van der Waals surface area contributed by atoms with Crippen LogP contribution in [0.25, 0.3) is 10.8 Å². The number of carboxylic acid groups (broad SMARTS) is 1. The van der Waals surface area contributed by atoms with Crippen molar-refractivity contribution in [1.82, 2.24) is 14.5 Å². The lowest BCUT2D eigenvalue weighted by atomic mass is 9.94. The predicted octanol–water partition coefficient (Wildman–Crippen LogP) is 2.22. The van der Waals surface area contributed by atoms with Crippen molar-refractivity contribution in [3.63, 3.8) is 0 Å². The molecule has 0 aliphatic carbocycles. The molecule has 35 heavy (non-hydrogen) atoms. The minimum absolute atomic E-state index is 0.0658. The standard InChI is InChI=1S/C25H31N3O6S/c1-2-14-35(33,34)27-15-18-10-4-6-13-21(24(30)28(18)22(16-27)25(31)32)26-23(29)20-12-7-9-17-8-3-5-11-19(17)20/h3,5,7-9,11-12,18,21-22H,2,4,6,10,13-16H2,1H3,(H,26,29)(H,31,32)/t18-,21-,22-/m0/s1. The fraction of sp³-hybridized carbons (Fsp3) is 0.480. The van der Waals surface area contributed by atoms with Gasteiger partial charge in [-0.15, -0.1) is 0 Å². The second-order valence-electron chi connectivity index (χ2n) is 9.22. The number of carbonyl (C=O) groups excluding carboxylic acids is 2. The van der Waals surface area contributed by atoms with E-state index in [4.69, 9.17) is 0 Å². The van der Waals surface area contributed by atoms with Crippen LogP contribution in [0.5, 0.6) is 0 Å². The monoisotopic (exact) mass is 501 g/mol. The molecule has 2 saturated heterocycles. The number of carboxylic acids is 1. The summed E-state index contributed by atoms with van der Waals surface area (Å²) in [6.45, 7) is 1.54. The average Bonchev–Trinajstić information content (AvgIpc) is 2.83. The number of nitrogens with zero attached hydrogens (tertiary/aromatic N) is 2. The summed E-state index contributed by atoms with van der Waals surface area (Å²) in [5, 5.41) is 14.4. The van der Waals surface area contributed by atoms with E-state index >= 15 is 0 Å². The number of nitrogens with one attached hydrogen (secondary N) is 1. The summed E-state index contributed by atoms with van der Waals surface area (Å²) in [4.78, 5) is 40.3. The van der Waals surface area contributed by atoms with Crippen LogP contribution in [0.2, 0.25) is 0 Å². The van der Waals surface area contributed by atoms with E-state index < -0.39 is 45.9 Å². The van der Waals surface area contributed by atoms with Gasteiger partial charge < -0.3 is 15.3 Å². The van der Waals surface area contributed by atoms with Crippen LogP contribution < -0.4 is 5.32 Å². The maximum Gasteiger partial charge on any atom is 0.327 e. The molecule has 0 aromatic heterocycles. The van der Waals surface area contributed by atoms with Crippen LogP contribution in [0.3, 0.4) is 0 Å². The molecule has 2 N–H and O–H groups in total. The number of rotatable bonds is 6. The van der Waals surface area contributed by atoms with Crippen molar-refractivity contribution in [2.24, 2.45) is 0 Å². The molecule has 10 heteroatoms. The Morgan fingerprint density at radius 3 is 2.51 bits per heavy atom. The van der Waals surface area contributed by atoms with Gasteiger partial charge in [0.2, 0.25) is 15.9 Å². The Labute approximate surface area is 205 Å². The van der Waals surface area contributed by atoms with Gasteiger partial charge in [-0.2, -0.15) is 4.31 Å². The smallest absolute Gasteiger partial charge is 0.327 e. The van der Waals surface area contributed by atoms with Crippen LogP contribution in [-0.2, 0) is 19.6 Å². The number of aliphatic carboxylic acids is 1. The lowest BCUT2D eigenvalue weighted by Crippen LogP contribution is -2.67. The fourth-order valence-corrected chi connectivity index (χ4v) is 6.67. The van der Waals surface area contributed by atoms with Gasteiger partial charge in [0.05, 0.1) is 5.75 Å². The molecular formula is C25H31N3O6S. The molecular weight excluding hydrogens is 470 g/mol. The molecule has 2 fully saturated rings. The Morgan fingerprint density at radius 1 is 1.06 bits per heavy atom.